The molecule has 2 amide bonds. The van der Waals surface area contributed by atoms with Crippen molar-refractivity contribution in [2.24, 2.45) is 0 Å². The van der Waals surface area contributed by atoms with E-state index in [1.54, 1.807) is 18.1 Å². The number of hydrogen-bond donors (Lipinski definition) is 1. The third-order valence-electron chi connectivity index (χ3n) is 3.22. The molecule has 1 unspecified atom stereocenters. The summed E-state index contributed by atoms with van der Waals surface area (Å²) in [5.41, 5.74) is 0. The van der Waals surface area contributed by atoms with E-state index in [-0.39, 0.29) is 6.03 Å². The molecule has 1 N–H and O–H groups in total. The Morgan fingerprint density at radius 3 is 2.84 bits per heavy atom. The highest BCUT2D eigenvalue weighted by Crippen LogP contribution is 2.19. The zero-order valence-electron chi connectivity index (χ0n) is 11.4. The quantitative estimate of drug-likeness (QED) is 0.736. The predicted molar refractivity (Wildman–Crippen MR) is 71.0 cm³/mol. The molecule has 0 radical (unpaired) electrons. The molecule has 1 fully saturated rings. The lowest BCUT2D eigenvalue weighted by Crippen LogP contribution is -2.53. The lowest BCUT2D eigenvalue weighted by Gasteiger charge is -2.36. The van der Waals surface area contributed by atoms with Crippen molar-refractivity contribution in [2.45, 2.75) is 25.3 Å². The van der Waals surface area contributed by atoms with Crippen LogP contribution in [0.2, 0.25) is 0 Å². The molecule has 1 saturated heterocycles. The second-order valence-electron chi connectivity index (χ2n) is 4.55. The second-order valence-corrected chi connectivity index (χ2v) is 4.55. The van der Waals surface area contributed by atoms with Crippen molar-refractivity contribution in [3.63, 3.8) is 0 Å². The minimum absolute atomic E-state index is 0.246. The molecule has 0 aromatic heterocycles. The van der Waals surface area contributed by atoms with Crippen LogP contribution in [-0.2, 0) is 9.53 Å². The third kappa shape index (κ3) is 4.24. The number of carboxylic acids is 1. The van der Waals surface area contributed by atoms with Gasteiger partial charge in [-0.05, 0) is 19.3 Å². The molecule has 0 aromatic rings. The molecule has 1 heterocycles. The number of piperidine rings is 1. The van der Waals surface area contributed by atoms with E-state index in [0.717, 1.165) is 12.8 Å². The Hall–Kier alpha value is -1.56. The standard InChI is InChI=1S/C13H22N2O4/c1-3-7-14(9-10-19-2)13(18)15-8-5-4-6-11(15)12(16)17/h3,11H,1,4-10H2,2H3,(H,16,17). The number of likely N-dealkylation sites (tertiary alicyclic amines) is 1. The van der Waals surface area contributed by atoms with Crippen LogP contribution in [0.4, 0.5) is 4.79 Å². The first-order chi connectivity index (χ1) is 9.11. The molecule has 6 heteroatoms. The molecule has 108 valence electrons. The van der Waals surface area contributed by atoms with E-state index in [9.17, 15) is 14.7 Å². The van der Waals surface area contributed by atoms with Gasteiger partial charge in [0.1, 0.15) is 6.04 Å². The Bertz CT molecular complexity index is 333. The normalized spacial score (nSPS) is 19.0. The van der Waals surface area contributed by atoms with Crippen molar-refractivity contribution >= 4 is 12.0 Å². The molecular weight excluding hydrogens is 248 g/mol. The van der Waals surface area contributed by atoms with E-state index >= 15 is 0 Å². The number of rotatable bonds is 6. The topological polar surface area (TPSA) is 70.1 Å². The second kappa shape index (κ2) is 7.78. The van der Waals surface area contributed by atoms with Gasteiger partial charge in [0.15, 0.2) is 0 Å². The van der Waals surface area contributed by atoms with Crippen LogP contribution in [0, 0.1) is 0 Å². The highest BCUT2D eigenvalue weighted by atomic mass is 16.5. The molecule has 1 rings (SSSR count). The summed E-state index contributed by atoms with van der Waals surface area (Å²) in [6.07, 6.45) is 3.85. The fourth-order valence-electron chi connectivity index (χ4n) is 2.22. The van der Waals surface area contributed by atoms with Crippen molar-refractivity contribution in [1.82, 2.24) is 9.80 Å². The van der Waals surface area contributed by atoms with Crippen LogP contribution in [0.15, 0.2) is 12.7 Å². The first kappa shape index (κ1) is 15.5. The molecule has 1 aliphatic rings. The maximum atomic E-state index is 12.4. The first-order valence-corrected chi connectivity index (χ1v) is 6.50. The zero-order chi connectivity index (χ0) is 14.3. The summed E-state index contributed by atoms with van der Waals surface area (Å²) >= 11 is 0. The Kier molecular flexibility index (Phi) is 6.35. The molecule has 1 atom stereocenters. The van der Waals surface area contributed by atoms with Crippen molar-refractivity contribution in [2.75, 3.05) is 33.4 Å². The van der Waals surface area contributed by atoms with Gasteiger partial charge in [-0.1, -0.05) is 6.08 Å². The molecule has 6 nitrogen and oxygen atoms in total. The number of carboxylic acid groups (broad SMARTS) is 1. The first-order valence-electron chi connectivity index (χ1n) is 6.50. The Labute approximate surface area is 113 Å². The number of aliphatic carboxylic acids is 1. The van der Waals surface area contributed by atoms with E-state index in [0.29, 0.717) is 32.7 Å². The predicted octanol–water partition coefficient (Wildman–Crippen LogP) is 1.18. The minimum Gasteiger partial charge on any atom is -0.480 e. The van der Waals surface area contributed by atoms with E-state index in [2.05, 4.69) is 6.58 Å². The van der Waals surface area contributed by atoms with Crippen molar-refractivity contribution in [3.8, 4) is 0 Å². The van der Waals surface area contributed by atoms with E-state index < -0.39 is 12.0 Å². The van der Waals surface area contributed by atoms with Gasteiger partial charge in [-0.15, -0.1) is 6.58 Å². The van der Waals surface area contributed by atoms with Crippen molar-refractivity contribution in [1.29, 1.82) is 0 Å². The van der Waals surface area contributed by atoms with Crippen LogP contribution in [0.5, 0.6) is 0 Å². The molecule has 0 saturated carbocycles. The highest BCUT2D eigenvalue weighted by Gasteiger charge is 2.33. The maximum absolute atomic E-state index is 12.4. The monoisotopic (exact) mass is 270 g/mol. The number of hydrogen-bond acceptors (Lipinski definition) is 3. The number of methoxy groups -OCH3 is 1. The fraction of sp³-hybridized carbons (Fsp3) is 0.692. The van der Waals surface area contributed by atoms with Crippen LogP contribution in [0.3, 0.4) is 0 Å². The van der Waals surface area contributed by atoms with Gasteiger partial charge in [0.25, 0.3) is 0 Å². The van der Waals surface area contributed by atoms with E-state index in [1.165, 1.54) is 4.90 Å². The Morgan fingerprint density at radius 2 is 2.26 bits per heavy atom. The number of ether oxygens (including phenoxy) is 1. The van der Waals surface area contributed by atoms with Crippen LogP contribution >= 0.6 is 0 Å². The number of carbonyl (C=O) groups is 2. The SMILES string of the molecule is C=CCN(CCOC)C(=O)N1CCCCC1C(=O)O. The average molecular weight is 270 g/mol. The van der Waals surface area contributed by atoms with Gasteiger partial charge in [0.2, 0.25) is 0 Å². The summed E-state index contributed by atoms with van der Waals surface area (Å²) in [4.78, 5) is 26.6. The molecular formula is C13H22N2O4. The van der Waals surface area contributed by atoms with Crippen LogP contribution < -0.4 is 0 Å². The molecule has 0 bridgehead atoms. The van der Waals surface area contributed by atoms with Gasteiger partial charge in [-0.25, -0.2) is 9.59 Å². The highest BCUT2D eigenvalue weighted by molar-refractivity contribution is 5.83. The molecule has 0 aliphatic carbocycles. The minimum atomic E-state index is -0.932. The summed E-state index contributed by atoms with van der Waals surface area (Å²) in [6.45, 7) is 5.37. The van der Waals surface area contributed by atoms with E-state index in [4.69, 9.17) is 4.74 Å². The zero-order valence-corrected chi connectivity index (χ0v) is 11.4. The van der Waals surface area contributed by atoms with Gasteiger partial charge < -0.3 is 19.6 Å². The van der Waals surface area contributed by atoms with Crippen LogP contribution in [-0.4, -0.2) is 66.3 Å². The van der Waals surface area contributed by atoms with Gasteiger partial charge in [-0.3, -0.25) is 0 Å². The van der Waals surface area contributed by atoms with Crippen LogP contribution in [0.25, 0.3) is 0 Å². The van der Waals surface area contributed by atoms with Gasteiger partial charge in [0.05, 0.1) is 6.61 Å². The maximum Gasteiger partial charge on any atom is 0.326 e. The Morgan fingerprint density at radius 1 is 1.53 bits per heavy atom. The lowest BCUT2D eigenvalue weighted by molar-refractivity contribution is -0.143. The molecule has 19 heavy (non-hydrogen) atoms. The number of urea groups is 1. The summed E-state index contributed by atoms with van der Waals surface area (Å²) < 4.78 is 4.97. The number of carbonyl (C=O) groups excluding carboxylic acids is 1. The Balaban J connectivity index is 2.74. The third-order valence-corrected chi connectivity index (χ3v) is 3.22. The van der Waals surface area contributed by atoms with Crippen molar-refractivity contribution in [3.05, 3.63) is 12.7 Å². The smallest absolute Gasteiger partial charge is 0.326 e. The summed E-state index contributed by atoms with van der Waals surface area (Å²) in [7, 11) is 1.57. The summed E-state index contributed by atoms with van der Waals surface area (Å²) in [6, 6.07) is -0.958. The summed E-state index contributed by atoms with van der Waals surface area (Å²) in [5.74, 6) is -0.932. The fourth-order valence-corrected chi connectivity index (χ4v) is 2.22. The summed E-state index contributed by atoms with van der Waals surface area (Å²) in [5, 5.41) is 9.19. The molecule has 0 aromatic carbocycles. The van der Waals surface area contributed by atoms with Gasteiger partial charge in [0, 0.05) is 26.7 Å². The number of amides is 2. The molecule has 1 aliphatic heterocycles. The van der Waals surface area contributed by atoms with E-state index in [1.807, 2.05) is 0 Å². The lowest BCUT2D eigenvalue weighted by atomic mass is 10.0. The molecule has 0 spiro atoms. The average Bonchev–Trinajstić information content (AvgIpc) is 2.42. The largest absolute Gasteiger partial charge is 0.480 e. The van der Waals surface area contributed by atoms with Crippen LogP contribution in [0.1, 0.15) is 19.3 Å². The van der Waals surface area contributed by atoms with Gasteiger partial charge >= 0.3 is 12.0 Å². The van der Waals surface area contributed by atoms with Gasteiger partial charge in [-0.2, -0.15) is 0 Å². The number of nitrogens with zero attached hydrogens (tertiary/aromatic N) is 2. The van der Waals surface area contributed by atoms with Crippen molar-refractivity contribution < 1.29 is 19.4 Å².